The molecule has 0 saturated carbocycles. The Morgan fingerprint density at radius 2 is 2.11 bits per heavy atom. The third kappa shape index (κ3) is 0.954. The van der Waals surface area contributed by atoms with Crippen LogP contribution in [0.4, 0.5) is 0 Å². The highest BCUT2D eigenvalue weighted by Gasteiger charge is 2.30. The zero-order valence-electron chi connectivity index (χ0n) is 5.93. The third-order valence-electron chi connectivity index (χ3n) is 1.35. The summed E-state index contributed by atoms with van der Waals surface area (Å²) in [5.41, 5.74) is 3.93. The number of hydrogen-bond acceptors (Lipinski definition) is 2. The lowest BCUT2D eigenvalue weighted by Crippen LogP contribution is -2.49. The van der Waals surface area contributed by atoms with Gasteiger partial charge in [-0.3, -0.25) is 0 Å². The summed E-state index contributed by atoms with van der Waals surface area (Å²) in [6, 6.07) is 0. The minimum atomic E-state index is 0.104. The van der Waals surface area contributed by atoms with Crippen LogP contribution >= 0.6 is 0 Å². The average molecular weight is 127 g/mol. The van der Waals surface area contributed by atoms with Gasteiger partial charge in [0, 0.05) is 0 Å². The molecular weight excluding hydrogens is 116 g/mol. The van der Waals surface area contributed by atoms with Crippen molar-refractivity contribution in [3.63, 3.8) is 0 Å². The molecule has 3 heteroatoms. The quantitative estimate of drug-likeness (QED) is 0.464. The second-order valence-corrected chi connectivity index (χ2v) is 2.73. The van der Waals surface area contributed by atoms with Crippen molar-refractivity contribution in [2.24, 2.45) is 0 Å². The molecule has 0 saturated heterocycles. The monoisotopic (exact) mass is 127 g/mol. The second kappa shape index (κ2) is 1.57. The first-order valence-electron chi connectivity index (χ1n) is 2.87. The summed E-state index contributed by atoms with van der Waals surface area (Å²) in [6.07, 6.45) is 1.61. The molecule has 1 amide bonds. The van der Waals surface area contributed by atoms with Gasteiger partial charge in [-0.2, -0.15) is 4.59 Å². The van der Waals surface area contributed by atoms with Crippen molar-refractivity contribution in [1.82, 2.24) is 5.43 Å². The van der Waals surface area contributed by atoms with Gasteiger partial charge in [0.2, 0.25) is 0 Å². The molecule has 0 aromatic carbocycles. The fourth-order valence-corrected chi connectivity index (χ4v) is 0.875. The number of likely N-dealkylation sites (N-methyl/N-ethyl adjacent to an activating group) is 1. The summed E-state index contributed by atoms with van der Waals surface area (Å²) < 4.78 is 0.242. The van der Waals surface area contributed by atoms with Gasteiger partial charge in [0.15, 0.2) is 0 Å². The van der Waals surface area contributed by atoms with Crippen molar-refractivity contribution < 1.29 is 9.39 Å². The molecule has 0 aliphatic carbocycles. The first-order valence-corrected chi connectivity index (χ1v) is 2.87. The molecule has 0 spiro atoms. The maximum Gasteiger partial charge on any atom is 0.364 e. The predicted octanol–water partition coefficient (Wildman–Crippen LogP) is 0.0114. The van der Waals surface area contributed by atoms with E-state index in [2.05, 4.69) is 5.43 Å². The van der Waals surface area contributed by atoms with Gasteiger partial charge in [-0.25, -0.2) is 10.2 Å². The Kier molecular flexibility index (Phi) is 1.10. The average Bonchev–Trinajstić information content (AvgIpc) is 1.79. The van der Waals surface area contributed by atoms with Crippen LogP contribution in [-0.2, 0) is 4.79 Å². The number of nitrogens with one attached hydrogen (secondary N) is 1. The summed E-state index contributed by atoms with van der Waals surface area (Å²) in [6.45, 7) is 1.88. The number of hydrogen-bond donors (Lipinski definition) is 1. The van der Waals surface area contributed by atoms with Gasteiger partial charge >= 0.3 is 5.91 Å². The fraction of sp³-hybridized carbons (Fsp3) is 0.500. The first-order chi connectivity index (χ1) is 4.02. The van der Waals surface area contributed by atoms with Crippen molar-refractivity contribution in [2.75, 3.05) is 14.1 Å². The van der Waals surface area contributed by atoms with Crippen molar-refractivity contribution in [2.45, 2.75) is 6.92 Å². The number of amides is 1. The maximum atomic E-state index is 10.9. The molecule has 1 rings (SSSR count). The van der Waals surface area contributed by atoms with Crippen LogP contribution in [0.25, 0.3) is 0 Å². The normalized spacial score (nSPS) is 23.4. The number of nitrogens with zero attached hydrogens (tertiary/aromatic N) is 1. The number of rotatable bonds is 0. The van der Waals surface area contributed by atoms with E-state index in [4.69, 9.17) is 0 Å². The summed E-state index contributed by atoms with van der Waals surface area (Å²) in [5.74, 6) is 0.104. The van der Waals surface area contributed by atoms with Crippen LogP contribution in [0.2, 0.25) is 0 Å². The molecule has 50 valence electrons. The van der Waals surface area contributed by atoms with Crippen molar-refractivity contribution in [3.8, 4) is 0 Å². The Morgan fingerprint density at radius 1 is 1.56 bits per heavy atom. The highest BCUT2D eigenvalue weighted by molar-refractivity contribution is 5.83. The Hall–Kier alpha value is -0.830. The van der Waals surface area contributed by atoms with Gasteiger partial charge in [-0.05, 0) is 6.92 Å². The van der Waals surface area contributed by atoms with E-state index in [9.17, 15) is 4.79 Å². The molecule has 1 aliphatic heterocycles. The van der Waals surface area contributed by atoms with Gasteiger partial charge in [0.1, 0.15) is 0 Å². The first kappa shape index (κ1) is 6.29. The van der Waals surface area contributed by atoms with Gasteiger partial charge in [-0.1, -0.05) is 0 Å². The smallest absolute Gasteiger partial charge is 0.233 e. The molecule has 3 nitrogen and oxygen atoms in total. The Balaban J connectivity index is 2.84. The number of allylic oxidation sites excluding steroid dienone is 1. The molecule has 0 unspecified atom stereocenters. The maximum absolute atomic E-state index is 10.9. The highest BCUT2D eigenvalue weighted by atomic mass is 16.2. The molecule has 0 aromatic rings. The Bertz CT molecular complexity index is 181. The summed E-state index contributed by atoms with van der Waals surface area (Å²) >= 11 is 0. The second-order valence-electron chi connectivity index (χ2n) is 2.73. The third-order valence-corrected chi connectivity index (χ3v) is 1.35. The zero-order chi connectivity index (χ0) is 7.07. The lowest BCUT2D eigenvalue weighted by Gasteiger charge is -2.19. The van der Waals surface area contributed by atoms with Crippen molar-refractivity contribution >= 4 is 5.91 Å². The fourth-order valence-electron chi connectivity index (χ4n) is 0.875. The van der Waals surface area contributed by atoms with E-state index in [0.717, 1.165) is 5.70 Å². The van der Waals surface area contributed by atoms with E-state index in [0.29, 0.717) is 0 Å². The van der Waals surface area contributed by atoms with Crippen LogP contribution in [0.15, 0.2) is 11.8 Å². The lowest BCUT2D eigenvalue weighted by molar-refractivity contribution is -0.848. The number of quaternary nitrogens is 1. The zero-order valence-corrected chi connectivity index (χ0v) is 5.93. The van der Waals surface area contributed by atoms with Crippen LogP contribution < -0.4 is 5.43 Å². The van der Waals surface area contributed by atoms with Crippen LogP contribution in [0.1, 0.15) is 6.92 Å². The minimum Gasteiger partial charge on any atom is -0.233 e. The van der Waals surface area contributed by atoms with E-state index in [-0.39, 0.29) is 10.5 Å². The Labute approximate surface area is 54.5 Å². The van der Waals surface area contributed by atoms with Crippen molar-refractivity contribution in [3.05, 3.63) is 11.8 Å². The standard InChI is InChI=1S/C6H10N2O/c1-5-4-6(9)8(2,3)7-5/h4H,1-3H3/p+1. The molecule has 0 aromatic heterocycles. The van der Waals surface area contributed by atoms with E-state index < -0.39 is 0 Å². The molecule has 0 bridgehead atoms. The van der Waals surface area contributed by atoms with E-state index in [1.165, 1.54) is 0 Å². The van der Waals surface area contributed by atoms with Crippen LogP contribution in [-0.4, -0.2) is 24.6 Å². The van der Waals surface area contributed by atoms with Gasteiger partial charge in [-0.15, -0.1) is 0 Å². The topological polar surface area (TPSA) is 29.1 Å². The molecule has 0 atom stereocenters. The number of carbonyl (C=O) groups excluding carboxylic acids is 1. The lowest BCUT2D eigenvalue weighted by atomic mass is 10.4. The van der Waals surface area contributed by atoms with Gasteiger partial charge in [0.25, 0.3) is 0 Å². The molecule has 1 aliphatic rings. The molecular formula is C6H11N2O+. The predicted molar refractivity (Wildman–Crippen MR) is 34.0 cm³/mol. The highest BCUT2D eigenvalue weighted by Crippen LogP contribution is 2.06. The molecule has 1 N–H and O–H groups in total. The van der Waals surface area contributed by atoms with Crippen LogP contribution in [0.3, 0.4) is 0 Å². The van der Waals surface area contributed by atoms with Crippen LogP contribution in [0.5, 0.6) is 0 Å². The molecule has 9 heavy (non-hydrogen) atoms. The Morgan fingerprint density at radius 3 is 2.22 bits per heavy atom. The summed E-state index contributed by atoms with van der Waals surface area (Å²) in [5, 5.41) is 0. The van der Waals surface area contributed by atoms with Gasteiger partial charge < -0.3 is 0 Å². The molecule has 1 heterocycles. The van der Waals surface area contributed by atoms with Gasteiger partial charge in [0.05, 0.1) is 25.9 Å². The molecule has 0 radical (unpaired) electrons. The largest absolute Gasteiger partial charge is 0.364 e. The molecule has 0 fully saturated rings. The van der Waals surface area contributed by atoms with E-state index in [1.807, 2.05) is 21.0 Å². The minimum absolute atomic E-state index is 0.104. The number of carbonyl (C=O) groups is 1. The van der Waals surface area contributed by atoms with E-state index >= 15 is 0 Å². The van der Waals surface area contributed by atoms with Crippen LogP contribution in [0, 0.1) is 0 Å². The SMILES string of the molecule is CC1=CC(=O)[N+](C)(C)N1. The van der Waals surface area contributed by atoms with E-state index in [1.54, 1.807) is 6.08 Å². The van der Waals surface area contributed by atoms with Crippen molar-refractivity contribution in [1.29, 1.82) is 0 Å². The summed E-state index contributed by atoms with van der Waals surface area (Å²) in [7, 11) is 3.63. The summed E-state index contributed by atoms with van der Waals surface area (Å²) in [4.78, 5) is 10.9.